The molecule has 0 aliphatic carbocycles. The standard InChI is InChI=1S/C10H16N2O2S/c1-10(2,3)7(13)5-9-11-8(6-15-4)12-14-9/h5-6H2,1-4H3. The Morgan fingerprint density at radius 3 is 2.67 bits per heavy atom. The van der Waals surface area contributed by atoms with Crippen LogP contribution >= 0.6 is 11.8 Å². The summed E-state index contributed by atoms with van der Waals surface area (Å²) in [6.07, 6.45) is 2.20. The van der Waals surface area contributed by atoms with E-state index >= 15 is 0 Å². The Morgan fingerprint density at radius 1 is 1.47 bits per heavy atom. The number of hydrogen-bond acceptors (Lipinski definition) is 5. The molecule has 0 saturated heterocycles. The molecule has 0 aliphatic rings. The maximum absolute atomic E-state index is 11.7. The number of hydrogen-bond donors (Lipinski definition) is 0. The van der Waals surface area contributed by atoms with Crippen LogP contribution in [0.2, 0.25) is 0 Å². The predicted octanol–water partition coefficient (Wildman–Crippen LogP) is 2.09. The SMILES string of the molecule is CSCc1noc(CC(=O)C(C)(C)C)n1. The van der Waals surface area contributed by atoms with Crippen molar-refractivity contribution >= 4 is 17.5 Å². The first-order valence-electron chi connectivity index (χ1n) is 4.77. The number of thioether (sulfide) groups is 1. The maximum Gasteiger partial charge on any atom is 0.234 e. The second-order valence-electron chi connectivity index (χ2n) is 4.39. The van der Waals surface area contributed by atoms with Gasteiger partial charge in [-0.1, -0.05) is 25.9 Å². The molecule has 5 heteroatoms. The molecule has 1 aromatic rings. The second-order valence-corrected chi connectivity index (χ2v) is 5.25. The number of ketones is 1. The van der Waals surface area contributed by atoms with E-state index in [9.17, 15) is 4.79 Å². The summed E-state index contributed by atoms with van der Waals surface area (Å²) in [7, 11) is 0. The third-order valence-electron chi connectivity index (χ3n) is 1.93. The minimum Gasteiger partial charge on any atom is -0.339 e. The molecule has 0 unspecified atom stereocenters. The highest BCUT2D eigenvalue weighted by atomic mass is 32.2. The van der Waals surface area contributed by atoms with Crippen molar-refractivity contribution in [2.45, 2.75) is 32.9 Å². The van der Waals surface area contributed by atoms with Gasteiger partial charge in [-0.15, -0.1) is 0 Å². The van der Waals surface area contributed by atoms with Crippen molar-refractivity contribution in [3.63, 3.8) is 0 Å². The molecular weight excluding hydrogens is 212 g/mol. The van der Waals surface area contributed by atoms with E-state index in [0.29, 0.717) is 17.5 Å². The van der Waals surface area contributed by atoms with Gasteiger partial charge in [-0.25, -0.2) is 0 Å². The highest BCUT2D eigenvalue weighted by Gasteiger charge is 2.23. The van der Waals surface area contributed by atoms with E-state index in [1.165, 1.54) is 0 Å². The van der Waals surface area contributed by atoms with Gasteiger partial charge in [0.25, 0.3) is 0 Å². The first-order chi connectivity index (χ1) is 6.93. The molecule has 1 aromatic heterocycles. The zero-order valence-corrected chi connectivity index (χ0v) is 10.3. The largest absolute Gasteiger partial charge is 0.339 e. The summed E-state index contributed by atoms with van der Waals surface area (Å²) in [6, 6.07) is 0. The Bertz CT molecular complexity index is 341. The summed E-state index contributed by atoms with van der Waals surface area (Å²) < 4.78 is 4.99. The second kappa shape index (κ2) is 4.79. The van der Waals surface area contributed by atoms with Gasteiger partial charge in [-0.05, 0) is 6.26 Å². The Morgan fingerprint density at radius 2 is 2.13 bits per heavy atom. The number of carbonyl (C=O) groups excluding carboxylic acids is 1. The Hall–Kier alpha value is -0.840. The van der Waals surface area contributed by atoms with Crippen LogP contribution in [-0.4, -0.2) is 22.2 Å². The van der Waals surface area contributed by atoms with Gasteiger partial charge in [0.15, 0.2) is 5.82 Å². The molecule has 0 atom stereocenters. The topological polar surface area (TPSA) is 56.0 Å². The fourth-order valence-corrected chi connectivity index (χ4v) is 1.33. The van der Waals surface area contributed by atoms with Crippen LogP contribution in [0.3, 0.4) is 0 Å². The van der Waals surface area contributed by atoms with Gasteiger partial charge in [-0.2, -0.15) is 16.7 Å². The van der Waals surface area contributed by atoms with E-state index < -0.39 is 0 Å². The lowest BCUT2D eigenvalue weighted by Crippen LogP contribution is -2.22. The molecule has 0 fully saturated rings. The molecule has 0 spiro atoms. The minimum absolute atomic E-state index is 0.113. The zero-order valence-electron chi connectivity index (χ0n) is 9.53. The average Bonchev–Trinajstić information content (AvgIpc) is 2.51. The van der Waals surface area contributed by atoms with Gasteiger partial charge in [0.2, 0.25) is 5.89 Å². The third kappa shape index (κ3) is 3.66. The van der Waals surface area contributed by atoms with Crippen LogP contribution in [0.15, 0.2) is 4.52 Å². The van der Waals surface area contributed by atoms with E-state index in [1.807, 2.05) is 27.0 Å². The summed E-state index contributed by atoms with van der Waals surface area (Å²) >= 11 is 1.62. The van der Waals surface area contributed by atoms with E-state index in [0.717, 1.165) is 0 Å². The number of Topliss-reactive ketones (excluding diaryl/α,β-unsaturated/α-hetero) is 1. The number of carbonyl (C=O) groups is 1. The summed E-state index contributed by atoms with van der Waals surface area (Å²) in [5, 5.41) is 3.78. The molecule has 0 N–H and O–H groups in total. The molecule has 0 saturated carbocycles. The van der Waals surface area contributed by atoms with Crippen molar-refractivity contribution < 1.29 is 9.32 Å². The van der Waals surface area contributed by atoms with Crippen LogP contribution in [0.5, 0.6) is 0 Å². The Balaban J connectivity index is 2.61. The molecule has 0 radical (unpaired) electrons. The molecule has 0 bridgehead atoms. The summed E-state index contributed by atoms with van der Waals surface area (Å²) in [5.41, 5.74) is -0.353. The number of rotatable bonds is 4. The van der Waals surface area contributed by atoms with E-state index in [-0.39, 0.29) is 17.6 Å². The fourth-order valence-electron chi connectivity index (χ4n) is 0.952. The van der Waals surface area contributed by atoms with Crippen LogP contribution in [0.4, 0.5) is 0 Å². The maximum atomic E-state index is 11.7. The fraction of sp³-hybridized carbons (Fsp3) is 0.700. The van der Waals surface area contributed by atoms with Crippen LogP contribution in [0, 0.1) is 5.41 Å². The molecular formula is C10H16N2O2S. The molecule has 0 aliphatic heterocycles. The molecule has 84 valence electrons. The molecule has 15 heavy (non-hydrogen) atoms. The molecule has 1 rings (SSSR count). The van der Waals surface area contributed by atoms with Gasteiger partial charge < -0.3 is 4.52 Å². The average molecular weight is 228 g/mol. The van der Waals surface area contributed by atoms with Crippen molar-refractivity contribution in [1.29, 1.82) is 0 Å². The quantitative estimate of drug-likeness (QED) is 0.789. The summed E-state index contributed by atoms with van der Waals surface area (Å²) in [4.78, 5) is 15.8. The highest BCUT2D eigenvalue weighted by Crippen LogP contribution is 2.17. The van der Waals surface area contributed by atoms with Crippen LogP contribution in [0.1, 0.15) is 32.5 Å². The number of aromatic nitrogens is 2. The number of nitrogens with zero attached hydrogens (tertiary/aromatic N) is 2. The third-order valence-corrected chi connectivity index (χ3v) is 2.48. The van der Waals surface area contributed by atoms with Crippen molar-refractivity contribution in [2.24, 2.45) is 5.41 Å². The summed E-state index contributed by atoms with van der Waals surface area (Å²) in [6.45, 7) is 5.65. The van der Waals surface area contributed by atoms with E-state index in [4.69, 9.17) is 4.52 Å². The van der Waals surface area contributed by atoms with E-state index in [1.54, 1.807) is 11.8 Å². The van der Waals surface area contributed by atoms with Gasteiger partial charge in [0, 0.05) is 5.41 Å². The molecule has 1 heterocycles. The monoisotopic (exact) mass is 228 g/mol. The lowest BCUT2D eigenvalue weighted by Gasteiger charge is -2.14. The highest BCUT2D eigenvalue weighted by molar-refractivity contribution is 7.97. The molecule has 0 amide bonds. The van der Waals surface area contributed by atoms with Crippen molar-refractivity contribution in [2.75, 3.05) is 6.26 Å². The van der Waals surface area contributed by atoms with E-state index in [2.05, 4.69) is 10.1 Å². The molecule has 0 aromatic carbocycles. The van der Waals surface area contributed by atoms with Gasteiger partial charge in [0.1, 0.15) is 5.78 Å². The van der Waals surface area contributed by atoms with Crippen LogP contribution in [0.25, 0.3) is 0 Å². The van der Waals surface area contributed by atoms with Crippen molar-refractivity contribution in [1.82, 2.24) is 10.1 Å². The molecule has 4 nitrogen and oxygen atoms in total. The zero-order chi connectivity index (χ0) is 11.5. The first kappa shape index (κ1) is 12.2. The van der Waals surface area contributed by atoms with Crippen LogP contribution in [-0.2, 0) is 17.0 Å². The van der Waals surface area contributed by atoms with Crippen molar-refractivity contribution in [3.8, 4) is 0 Å². The van der Waals surface area contributed by atoms with Gasteiger partial charge >= 0.3 is 0 Å². The summed E-state index contributed by atoms with van der Waals surface area (Å²) in [5.74, 6) is 1.90. The Labute approximate surface area is 93.8 Å². The minimum atomic E-state index is -0.353. The smallest absolute Gasteiger partial charge is 0.234 e. The van der Waals surface area contributed by atoms with Gasteiger partial charge in [0.05, 0.1) is 12.2 Å². The lowest BCUT2D eigenvalue weighted by molar-refractivity contribution is -0.125. The van der Waals surface area contributed by atoms with Crippen molar-refractivity contribution in [3.05, 3.63) is 11.7 Å². The predicted molar refractivity (Wildman–Crippen MR) is 59.7 cm³/mol. The Kier molecular flexibility index (Phi) is 3.90. The first-order valence-corrected chi connectivity index (χ1v) is 6.16. The lowest BCUT2D eigenvalue weighted by atomic mass is 9.89. The normalized spacial score (nSPS) is 11.7. The van der Waals surface area contributed by atoms with Gasteiger partial charge in [-0.3, -0.25) is 4.79 Å². The van der Waals surface area contributed by atoms with Crippen LogP contribution < -0.4 is 0 Å².